The molecule has 0 aliphatic carbocycles. The van der Waals surface area contributed by atoms with Crippen molar-refractivity contribution in [3.05, 3.63) is 76.0 Å². The summed E-state index contributed by atoms with van der Waals surface area (Å²) in [5.41, 5.74) is 4.43. The van der Waals surface area contributed by atoms with Gasteiger partial charge in [-0.15, -0.1) is 16.4 Å². The number of hydrogen-bond donors (Lipinski definition) is 1. The van der Waals surface area contributed by atoms with Crippen LogP contribution < -0.4 is 5.32 Å². The summed E-state index contributed by atoms with van der Waals surface area (Å²) in [6, 6.07) is 13.9. The van der Waals surface area contributed by atoms with Crippen molar-refractivity contribution in [3.63, 3.8) is 0 Å². The van der Waals surface area contributed by atoms with Gasteiger partial charge in [0, 0.05) is 23.1 Å². The van der Waals surface area contributed by atoms with Gasteiger partial charge in [0.2, 0.25) is 0 Å². The molecule has 8 heteroatoms. The molecule has 152 valence electrons. The Morgan fingerprint density at radius 3 is 2.63 bits per heavy atom. The summed E-state index contributed by atoms with van der Waals surface area (Å²) in [6.07, 6.45) is 1.73. The Kier molecular flexibility index (Phi) is 5.67. The van der Waals surface area contributed by atoms with Crippen molar-refractivity contribution in [2.75, 3.05) is 0 Å². The predicted octanol–water partition coefficient (Wildman–Crippen LogP) is 4.15. The molecular formula is C22H22N6OS. The van der Waals surface area contributed by atoms with E-state index in [4.69, 9.17) is 0 Å². The van der Waals surface area contributed by atoms with Crippen LogP contribution in [0.4, 0.5) is 0 Å². The van der Waals surface area contributed by atoms with Gasteiger partial charge in [0.1, 0.15) is 5.01 Å². The fourth-order valence-corrected chi connectivity index (χ4v) is 3.67. The zero-order valence-electron chi connectivity index (χ0n) is 17.0. The number of carbonyl (C=O) groups excluding carboxylic acids is 1. The summed E-state index contributed by atoms with van der Waals surface area (Å²) in [4.78, 5) is 17.1. The van der Waals surface area contributed by atoms with E-state index in [2.05, 4.69) is 50.1 Å². The first-order valence-corrected chi connectivity index (χ1v) is 10.6. The molecule has 2 heterocycles. The van der Waals surface area contributed by atoms with Gasteiger partial charge in [0.25, 0.3) is 5.91 Å². The molecule has 4 rings (SSSR count). The first kappa shape index (κ1) is 19.9. The quantitative estimate of drug-likeness (QED) is 0.508. The van der Waals surface area contributed by atoms with Gasteiger partial charge < -0.3 is 5.32 Å². The Morgan fingerprint density at radius 1 is 1.13 bits per heavy atom. The van der Waals surface area contributed by atoms with E-state index in [1.54, 1.807) is 10.9 Å². The first-order valence-electron chi connectivity index (χ1n) is 9.68. The number of aromatic nitrogens is 5. The van der Waals surface area contributed by atoms with E-state index in [-0.39, 0.29) is 11.8 Å². The molecule has 0 aliphatic heterocycles. The van der Waals surface area contributed by atoms with E-state index < -0.39 is 0 Å². The number of nitrogens with one attached hydrogen (secondary N) is 1. The lowest BCUT2D eigenvalue weighted by atomic mass is 10.0. The lowest BCUT2D eigenvalue weighted by Crippen LogP contribution is -2.23. The molecule has 1 amide bonds. The Hall–Kier alpha value is -3.39. The molecule has 1 N–H and O–H groups in total. The summed E-state index contributed by atoms with van der Waals surface area (Å²) >= 11 is 1.51. The number of tetrazole rings is 1. The molecule has 30 heavy (non-hydrogen) atoms. The van der Waals surface area contributed by atoms with Crippen molar-refractivity contribution in [2.24, 2.45) is 0 Å². The molecule has 0 atom stereocenters. The number of amides is 1. The molecule has 0 radical (unpaired) electrons. The standard InChI is InChI=1S/C22H22N6OS/c1-14(2)21-25-26-27-28(21)19-11-17(16-6-4-15(3)5-7-16)10-18(12-19)22(29)24-13-20-23-8-9-30-20/h4-12,14H,13H2,1-3H3,(H,24,29). The van der Waals surface area contributed by atoms with Crippen LogP contribution in [0.3, 0.4) is 0 Å². The van der Waals surface area contributed by atoms with E-state index in [9.17, 15) is 4.79 Å². The van der Waals surface area contributed by atoms with Crippen molar-refractivity contribution in [2.45, 2.75) is 33.2 Å². The summed E-state index contributed by atoms with van der Waals surface area (Å²) in [6.45, 7) is 6.51. The number of benzene rings is 2. The molecule has 4 aromatic rings. The van der Waals surface area contributed by atoms with Crippen molar-refractivity contribution in [1.82, 2.24) is 30.5 Å². The molecule has 0 saturated carbocycles. The minimum Gasteiger partial charge on any atom is -0.346 e. The molecular weight excluding hydrogens is 396 g/mol. The number of nitrogens with zero attached hydrogens (tertiary/aromatic N) is 5. The van der Waals surface area contributed by atoms with Crippen molar-refractivity contribution >= 4 is 17.2 Å². The Balaban J connectivity index is 1.74. The highest BCUT2D eigenvalue weighted by atomic mass is 32.1. The third kappa shape index (κ3) is 4.28. The SMILES string of the molecule is Cc1ccc(-c2cc(C(=O)NCc3nccs3)cc(-n3nnnc3C(C)C)c2)cc1. The Labute approximate surface area is 178 Å². The van der Waals surface area contributed by atoms with Gasteiger partial charge in [-0.1, -0.05) is 43.7 Å². The highest BCUT2D eigenvalue weighted by molar-refractivity contribution is 7.09. The second-order valence-corrected chi connectivity index (χ2v) is 8.33. The maximum Gasteiger partial charge on any atom is 0.251 e. The summed E-state index contributed by atoms with van der Waals surface area (Å²) in [7, 11) is 0. The monoisotopic (exact) mass is 418 g/mol. The molecule has 7 nitrogen and oxygen atoms in total. The molecule has 0 unspecified atom stereocenters. The fraction of sp³-hybridized carbons (Fsp3) is 0.227. The molecule has 0 fully saturated rings. The van der Waals surface area contributed by atoms with E-state index in [1.165, 1.54) is 16.9 Å². The van der Waals surface area contributed by atoms with Gasteiger partial charge in [-0.3, -0.25) is 4.79 Å². The van der Waals surface area contributed by atoms with Crippen LogP contribution in [0.1, 0.15) is 46.5 Å². The van der Waals surface area contributed by atoms with Crippen LogP contribution in [-0.4, -0.2) is 31.1 Å². The maximum absolute atomic E-state index is 12.9. The van der Waals surface area contributed by atoms with E-state index in [0.29, 0.717) is 12.1 Å². The summed E-state index contributed by atoms with van der Waals surface area (Å²) < 4.78 is 1.69. The molecule has 0 saturated heterocycles. The van der Waals surface area contributed by atoms with E-state index in [0.717, 1.165) is 27.6 Å². The molecule has 2 aromatic heterocycles. The largest absolute Gasteiger partial charge is 0.346 e. The van der Waals surface area contributed by atoms with Crippen molar-refractivity contribution in [1.29, 1.82) is 0 Å². The maximum atomic E-state index is 12.9. The first-order chi connectivity index (χ1) is 14.5. The van der Waals surface area contributed by atoms with Crippen LogP contribution in [0.15, 0.2) is 54.0 Å². The predicted molar refractivity (Wildman–Crippen MR) is 117 cm³/mol. The second-order valence-electron chi connectivity index (χ2n) is 7.35. The van der Waals surface area contributed by atoms with Crippen LogP contribution in [0, 0.1) is 6.92 Å². The third-order valence-electron chi connectivity index (χ3n) is 4.70. The lowest BCUT2D eigenvalue weighted by molar-refractivity contribution is 0.0951. The second kappa shape index (κ2) is 8.54. The lowest BCUT2D eigenvalue weighted by Gasteiger charge is -2.12. The minimum atomic E-state index is -0.167. The number of thiazole rings is 1. The van der Waals surface area contributed by atoms with Gasteiger partial charge in [-0.05, 0) is 46.7 Å². The van der Waals surface area contributed by atoms with Crippen LogP contribution in [0.2, 0.25) is 0 Å². The normalized spacial score (nSPS) is 11.1. The summed E-state index contributed by atoms with van der Waals surface area (Å²) in [5.74, 6) is 0.718. The smallest absolute Gasteiger partial charge is 0.251 e. The number of carbonyl (C=O) groups is 1. The number of rotatable bonds is 6. The van der Waals surface area contributed by atoms with Crippen LogP contribution in [0.5, 0.6) is 0 Å². The van der Waals surface area contributed by atoms with Crippen LogP contribution >= 0.6 is 11.3 Å². The molecule has 0 spiro atoms. The highest BCUT2D eigenvalue weighted by Gasteiger charge is 2.16. The topological polar surface area (TPSA) is 85.6 Å². The average Bonchev–Trinajstić information content (AvgIpc) is 3.44. The number of hydrogen-bond acceptors (Lipinski definition) is 6. The Morgan fingerprint density at radius 2 is 1.93 bits per heavy atom. The van der Waals surface area contributed by atoms with Gasteiger partial charge in [-0.25, -0.2) is 4.98 Å². The fourth-order valence-electron chi connectivity index (χ4n) is 3.11. The van der Waals surface area contributed by atoms with E-state index >= 15 is 0 Å². The van der Waals surface area contributed by atoms with E-state index in [1.807, 2.05) is 44.4 Å². The molecule has 0 bridgehead atoms. The zero-order valence-corrected chi connectivity index (χ0v) is 17.8. The van der Waals surface area contributed by atoms with Gasteiger partial charge in [0.15, 0.2) is 5.82 Å². The highest BCUT2D eigenvalue weighted by Crippen LogP contribution is 2.26. The van der Waals surface area contributed by atoms with Crippen LogP contribution in [-0.2, 0) is 6.54 Å². The van der Waals surface area contributed by atoms with Crippen molar-refractivity contribution in [3.8, 4) is 16.8 Å². The molecule has 2 aromatic carbocycles. The van der Waals surface area contributed by atoms with Gasteiger partial charge in [0.05, 0.1) is 12.2 Å². The summed E-state index contributed by atoms with van der Waals surface area (Å²) in [5, 5.41) is 17.8. The molecule has 0 aliphatic rings. The van der Waals surface area contributed by atoms with Gasteiger partial charge >= 0.3 is 0 Å². The number of aryl methyl sites for hydroxylation is 1. The zero-order chi connectivity index (χ0) is 21.1. The van der Waals surface area contributed by atoms with Gasteiger partial charge in [-0.2, -0.15) is 4.68 Å². The van der Waals surface area contributed by atoms with Crippen molar-refractivity contribution < 1.29 is 4.79 Å². The minimum absolute atomic E-state index is 0.144. The third-order valence-corrected chi connectivity index (χ3v) is 5.48. The van der Waals surface area contributed by atoms with Crippen LogP contribution in [0.25, 0.3) is 16.8 Å². The average molecular weight is 419 g/mol. The Bertz CT molecular complexity index is 1150.